The van der Waals surface area contributed by atoms with Crippen LogP contribution in [-0.4, -0.2) is 31.8 Å². The molecule has 0 aromatic heterocycles. The summed E-state index contributed by atoms with van der Waals surface area (Å²) in [7, 11) is 1.63. The Bertz CT molecular complexity index is 423. The predicted octanol–water partition coefficient (Wildman–Crippen LogP) is 2.69. The van der Waals surface area contributed by atoms with Gasteiger partial charge in [0.25, 0.3) is 5.69 Å². The second-order valence-corrected chi connectivity index (χ2v) is 4.31. The molecule has 19 heavy (non-hydrogen) atoms. The third kappa shape index (κ3) is 4.75. The van der Waals surface area contributed by atoms with Gasteiger partial charge in [-0.2, -0.15) is 0 Å². The van der Waals surface area contributed by atoms with Crippen molar-refractivity contribution in [3.63, 3.8) is 0 Å². The van der Waals surface area contributed by atoms with Crippen molar-refractivity contribution in [1.82, 2.24) is 0 Å². The molecule has 6 heteroatoms. The SMILES string of the molecule is CCOc1ccc(NCC(C)COC)c([N+](=O)[O-])c1. The van der Waals surface area contributed by atoms with E-state index in [1.165, 1.54) is 6.07 Å². The van der Waals surface area contributed by atoms with Gasteiger partial charge in [0, 0.05) is 13.7 Å². The molecule has 0 aliphatic heterocycles. The Morgan fingerprint density at radius 3 is 2.79 bits per heavy atom. The zero-order chi connectivity index (χ0) is 14.3. The summed E-state index contributed by atoms with van der Waals surface area (Å²) in [5, 5.41) is 14.1. The minimum absolute atomic E-state index is 0.0237. The van der Waals surface area contributed by atoms with Gasteiger partial charge in [-0.1, -0.05) is 6.92 Å². The van der Waals surface area contributed by atoms with Crippen LogP contribution < -0.4 is 10.1 Å². The number of hydrogen-bond acceptors (Lipinski definition) is 5. The number of rotatable bonds is 8. The summed E-state index contributed by atoms with van der Waals surface area (Å²) < 4.78 is 10.3. The molecule has 1 aromatic rings. The Kier molecular flexibility index (Phi) is 6.08. The Labute approximate surface area is 112 Å². The zero-order valence-electron chi connectivity index (χ0n) is 11.5. The third-order valence-electron chi connectivity index (χ3n) is 2.57. The van der Waals surface area contributed by atoms with E-state index in [0.29, 0.717) is 31.2 Å². The molecule has 0 spiro atoms. The lowest BCUT2D eigenvalue weighted by molar-refractivity contribution is -0.384. The highest BCUT2D eigenvalue weighted by molar-refractivity contribution is 5.63. The maximum absolute atomic E-state index is 11.0. The third-order valence-corrected chi connectivity index (χ3v) is 2.57. The van der Waals surface area contributed by atoms with Crippen LogP contribution in [0.25, 0.3) is 0 Å². The van der Waals surface area contributed by atoms with Crippen molar-refractivity contribution in [2.45, 2.75) is 13.8 Å². The largest absolute Gasteiger partial charge is 0.494 e. The Hall–Kier alpha value is -1.82. The van der Waals surface area contributed by atoms with E-state index in [-0.39, 0.29) is 11.6 Å². The van der Waals surface area contributed by atoms with E-state index in [9.17, 15) is 10.1 Å². The molecule has 1 N–H and O–H groups in total. The van der Waals surface area contributed by atoms with Crippen LogP contribution in [0.5, 0.6) is 5.75 Å². The molecule has 0 amide bonds. The average Bonchev–Trinajstić information content (AvgIpc) is 2.37. The molecule has 1 atom stereocenters. The fourth-order valence-corrected chi connectivity index (χ4v) is 1.70. The van der Waals surface area contributed by atoms with E-state index in [2.05, 4.69) is 5.32 Å². The van der Waals surface area contributed by atoms with Crippen LogP contribution in [0.2, 0.25) is 0 Å². The molecule has 0 saturated carbocycles. The number of hydrogen-bond donors (Lipinski definition) is 1. The van der Waals surface area contributed by atoms with Crippen molar-refractivity contribution >= 4 is 11.4 Å². The van der Waals surface area contributed by atoms with Crippen molar-refractivity contribution in [2.24, 2.45) is 5.92 Å². The van der Waals surface area contributed by atoms with Crippen LogP contribution in [-0.2, 0) is 4.74 Å². The molecule has 0 saturated heterocycles. The number of nitro groups is 1. The molecule has 0 heterocycles. The summed E-state index contributed by atoms with van der Waals surface area (Å²) in [6.07, 6.45) is 0. The van der Waals surface area contributed by atoms with Gasteiger partial charge in [-0.3, -0.25) is 10.1 Å². The topological polar surface area (TPSA) is 73.6 Å². The molecule has 1 aromatic carbocycles. The maximum Gasteiger partial charge on any atom is 0.296 e. The lowest BCUT2D eigenvalue weighted by atomic mass is 10.2. The highest BCUT2D eigenvalue weighted by Gasteiger charge is 2.15. The summed E-state index contributed by atoms with van der Waals surface area (Å²) in [5.74, 6) is 0.779. The van der Waals surface area contributed by atoms with Crippen molar-refractivity contribution in [3.8, 4) is 5.75 Å². The first-order valence-corrected chi connectivity index (χ1v) is 6.22. The summed E-state index contributed by atoms with van der Waals surface area (Å²) in [5.41, 5.74) is 0.520. The monoisotopic (exact) mass is 268 g/mol. The van der Waals surface area contributed by atoms with Gasteiger partial charge in [-0.05, 0) is 25.0 Å². The van der Waals surface area contributed by atoms with Gasteiger partial charge in [0.05, 0.1) is 24.2 Å². The second kappa shape index (κ2) is 7.58. The standard InChI is InChI=1S/C13H20N2O4/c1-4-19-11-5-6-12(13(7-11)15(16)17)14-8-10(2)9-18-3/h5-7,10,14H,4,8-9H2,1-3H3. The quantitative estimate of drug-likeness (QED) is 0.579. The Balaban J connectivity index is 2.79. The first kappa shape index (κ1) is 15.2. The van der Waals surface area contributed by atoms with Gasteiger partial charge < -0.3 is 14.8 Å². The molecule has 1 rings (SSSR count). The number of anilines is 1. The lowest BCUT2D eigenvalue weighted by Gasteiger charge is -2.13. The van der Waals surface area contributed by atoms with Gasteiger partial charge in [-0.15, -0.1) is 0 Å². The van der Waals surface area contributed by atoms with Gasteiger partial charge in [-0.25, -0.2) is 0 Å². The lowest BCUT2D eigenvalue weighted by Crippen LogP contribution is -2.16. The summed E-state index contributed by atoms with van der Waals surface area (Å²) in [6.45, 7) is 5.55. The van der Waals surface area contributed by atoms with Crippen LogP contribution in [0.3, 0.4) is 0 Å². The van der Waals surface area contributed by atoms with Crippen LogP contribution in [0.15, 0.2) is 18.2 Å². The number of ether oxygens (including phenoxy) is 2. The molecule has 6 nitrogen and oxygen atoms in total. The first-order valence-electron chi connectivity index (χ1n) is 6.22. The Morgan fingerprint density at radius 2 is 2.21 bits per heavy atom. The van der Waals surface area contributed by atoms with Gasteiger partial charge in [0.2, 0.25) is 0 Å². The molecule has 0 radical (unpaired) electrons. The fraction of sp³-hybridized carbons (Fsp3) is 0.538. The van der Waals surface area contributed by atoms with Crippen LogP contribution in [0.4, 0.5) is 11.4 Å². The Morgan fingerprint density at radius 1 is 1.47 bits per heavy atom. The van der Waals surface area contributed by atoms with E-state index in [4.69, 9.17) is 9.47 Å². The number of nitro benzene ring substituents is 1. The molecule has 0 aliphatic carbocycles. The van der Waals surface area contributed by atoms with Crippen LogP contribution >= 0.6 is 0 Å². The van der Waals surface area contributed by atoms with E-state index in [1.807, 2.05) is 13.8 Å². The number of benzene rings is 1. The maximum atomic E-state index is 11.0. The minimum Gasteiger partial charge on any atom is -0.494 e. The van der Waals surface area contributed by atoms with Crippen molar-refractivity contribution in [2.75, 3.05) is 32.2 Å². The molecule has 0 bridgehead atoms. The van der Waals surface area contributed by atoms with E-state index in [0.717, 1.165) is 0 Å². The van der Waals surface area contributed by atoms with E-state index in [1.54, 1.807) is 19.2 Å². The zero-order valence-corrected chi connectivity index (χ0v) is 11.5. The van der Waals surface area contributed by atoms with Crippen molar-refractivity contribution < 1.29 is 14.4 Å². The highest BCUT2D eigenvalue weighted by Crippen LogP contribution is 2.29. The van der Waals surface area contributed by atoms with E-state index >= 15 is 0 Å². The smallest absolute Gasteiger partial charge is 0.296 e. The van der Waals surface area contributed by atoms with Crippen molar-refractivity contribution in [1.29, 1.82) is 0 Å². The normalized spacial score (nSPS) is 11.9. The molecule has 0 aliphatic rings. The average molecular weight is 268 g/mol. The van der Waals surface area contributed by atoms with Crippen LogP contribution in [0, 0.1) is 16.0 Å². The van der Waals surface area contributed by atoms with E-state index < -0.39 is 4.92 Å². The highest BCUT2D eigenvalue weighted by atomic mass is 16.6. The summed E-state index contributed by atoms with van der Waals surface area (Å²) >= 11 is 0. The minimum atomic E-state index is -0.411. The molecule has 0 fully saturated rings. The molecule has 1 unspecified atom stereocenters. The van der Waals surface area contributed by atoms with Gasteiger partial charge in [0.1, 0.15) is 11.4 Å². The first-order chi connectivity index (χ1) is 9.08. The number of nitrogens with one attached hydrogen (secondary N) is 1. The summed E-state index contributed by atoms with van der Waals surface area (Å²) in [6, 6.07) is 4.83. The van der Waals surface area contributed by atoms with Crippen molar-refractivity contribution in [3.05, 3.63) is 28.3 Å². The number of nitrogens with zero attached hydrogens (tertiary/aromatic N) is 1. The molecule has 106 valence electrons. The molecular formula is C13H20N2O4. The molecular weight excluding hydrogens is 248 g/mol. The predicted molar refractivity (Wildman–Crippen MR) is 73.8 cm³/mol. The van der Waals surface area contributed by atoms with Crippen LogP contribution in [0.1, 0.15) is 13.8 Å². The summed E-state index contributed by atoms with van der Waals surface area (Å²) in [4.78, 5) is 10.6. The second-order valence-electron chi connectivity index (χ2n) is 4.31. The van der Waals surface area contributed by atoms with Gasteiger partial charge >= 0.3 is 0 Å². The fourth-order valence-electron chi connectivity index (χ4n) is 1.70. The van der Waals surface area contributed by atoms with Gasteiger partial charge in [0.15, 0.2) is 0 Å². The number of methoxy groups -OCH3 is 1.